The van der Waals surface area contributed by atoms with Crippen molar-refractivity contribution in [2.75, 3.05) is 0 Å². The number of hydrogen-bond acceptors (Lipinski definition) is 5. The van der Waals surface area contributed by atoms with Crippen molar-refractivity contribution in [3.63, 3.8) is 0 Å². The number of allylic oxidation sites excluding steroid dienone is 1. The topological polar surface area (TPSA) is 89.9 Å². The Morgan fingerprint density at radius 2 is 1.89 bits per heavy atom. The van der Waals surface area contributed by atoms with Gasteiger partial charge in [-0.3, -0.25) is 0 Å². The highest BCUT2D eigenvalue weighted by Gasteiger charge is 2.24. The largest absolute Gasteiger partial charge is 0.478 e. The second-order valence-electron chi connectivity index (χ2n) is 8.84. The molecule has 0 amide bonds. The zero-order valence-corrected chi connectivity index (χ0v) is 21.0. The summed E-state index contributed by atoms with van der Waals surface area (Å²) in [6.45, 7) is 2.72. The van der Waals surface area contributed by atoms with Gasteiger partial charge in [0.15, 0.2) is 0 Å². The molecule has 1 aliphatic rings. The predicted octanol–water partition coefficient (Wildman–Crippen LogP) is 6.13. The Hall–Kier alpha value is -3.84. The number of aromatic carboxylic acids is 1. The van der Waals surface area contributed by atoms with E-state index in [-0.39, 0.29) is 11.7 Å². The van der Waals surface area contributed by atoms with E-state index in [1.54, 1.807) is 23.5 Å². The summed E-state index contributed by atoms with van der Waals surface area (Å²) < 4.78 is 0. The number of carboxylic acid groups (broad SMARTS) is 2. The van der Waals surface area contributed by atoms with Crippen molar-refractivity contribution in [3.05, 3.63) is 106 Å². The molecule has 2 heterocycles. The van der Waals surface area contributed by atoms with E-state index in [9.17, 15) is 19.8 Å². The van der Waals surface area contributed by atoms with E-state index in [2.05, 4.69) is 17.1 Å². The van der Waals surface area contributed by atoms with Gasteiger partial charge >= 0.3 is 11.9 Å². The van der Waals surface area contributed by atoms with Crippen LogP contribution < -0.4 is 5.32 Å². The van der Waals surface area contributed by atoms with Crippen molar-refractivity contribution in [3.8, 4) is 11.1 Å². The number of hydrogen-bond donors (Lipinski definition) is 3. The van der Waals surface area contributed by atoms with Gasteiger partial charge in [0, 0.05) is 29.6 Å². The van der Waals surface area contributed by atoms with Gasteiger partial charge in [-0.15, -0.1) is 11.3 Å². The van der Waals surface area contributed by atoms with Crippen LogP contribution in [-0.2, 0) is 17.8 Å². The number of thiophene rings is 1. The average Bonchev–Trinajstić information content (AvgIpc) is 3.52. The van der Waals surface area contributed by atoms with Gasteiger partial charge in [-0.25, -0.2) is 9.59 Å². The molecule has 2 aromatic carbocycles. The first-order chi connectivity index (χ1) is 17.4. The molecule has 0 saturated heterocycles. The van der Waals surface area contributed by atoms with E-state index >= 15 is 0 Å². The Kier molecular flexibility index (Phi) is 8.23. The van der Waals surface area contributed by atoms with Crippen LogP contribution in [0.15, 0.2) is 89.6 Å². The molecule has 36 heavy (non-hydrogen) atoms. The first kappa shape index (κ1) is 25.3. The molecular formula is C29H30N2O4S. The molecule has 1 aliphatic heterocycles. The fourth-order valence-electron chi connectivity index (χ4n) is 4.37. The first-order valence-corrected chi connectivity index (χ1v) is 12.9. The van der Waals surface area contributed by atoms with Crippen LogP contribution in [0.5, 0.6) is 0 Å². The monoisotopic (exact) mass is 502 g/mol. The maximum Gasteiger partial charge on any atom is 0.336 e. The van der Waals surface area contributed by atoms with Crippen LogP contribution in [0.4, 0.5) is 0 Å². The molecule has 0 fully saturated rings. The number of nitrogens with zero attached hydrogens (tertiary/aromatic N) is 1. The van der Waals surface area contributed by atoms with E-state index in [0.717, 1.165) is 41.0 Å². The van der Waals surface area contributed by atoms with Crippen molar-refractivity contribution < 1.29 is 19.8 Å². The number of benzene rings is 2. The lowest BCUT2D eigenvalue weighted by atomic mass is 9.97. The van der Waals surface area contributed by atoms with Crippen LogP contribution in [0.1, 0.15) is 47.0 Å². The van der Waals surface area contributed by atoms with Crippen LogP contribution >= 0.6 is 11.3 Å². The van der Waals surface area contributed by atoms with E-state index < -0.39 is 11.9 Å². The molecule has 4 rings (SSSR count). The second kappa shape index (κ2) is 11.7. The summed E-state index contributed by atoms with van der Waals surface area (Å²) in [5.41, 5.74) is 3.91. The highest BCUT2D eigenvalue weighted by molar-refractivity contribution is 7.09. The number of carbonyl (C=O) groups is 2. The minimum atomic E-state index is -0.955. The molecule has 0 saturated carbocycles. The Morgan fingerprint density at radius 3 is 2.56 bits per heavy atom. The van der Waals surface area contributed by atoms with Gasteiger partial charge < -0.3 is 20.4 Å². The maximum atomic E-state index is 11.9. The second-order valence-corrected chi connectivity index (χ2v) is 9.87. The van der Waals surface area contributed by atoms with E-state index in [1.165, 1.54) is 0 Å². The number of aliphatic carboxylic acids is 1. The Bertz CT molecular complexity index is 1270. The SMILES string of the molecule is CCCCC1NC(C=C(Cc2cccs2)C(=O)O)=CN1Cc1ccc(C(=O)O)c(-c2ccccc2)c1. The smallest absolute Gasteiger partial charge is 0.336 e. The van der Waals surface area contributed by atoms with Crippen molar-refractivity contribution in [2.45, 2.75) is 45.3 Å². The summed E-state index contributed by atoms with van der Waals surface area (Å²) >= 11 is 1.55. The number of rotatable bonds is 11. The Labute approximate surface area is 215 Å². The molecule has 3 aromatic rings. The van der Waals surface area contributed by atoms with Crippen LogP contribution in [0, 0.1) is 0 Å². The third-order valence-corrected chi connectivity index (χ3v) is 7.06. The molecule has 1 unspecified atom stereocenters. The van der Waals surface area contributed by atoms with Gasteiger partial charge in [0.25, 0.3) is 0 Å². The normalized spacial score (nSPS) is 15.5. The molecule has 1 aromatic heterocycles. The summed E-state index contributed by atoms with van der Waals surface area (Å²) in [5, 5.41) is 24.9. The van der Waals surface area contributed by atoms with Crippen LogP contribution in [-0.4, -0.2) is 33.2 Å². The van der Waals surface area contributed by atoms with Crippen molar-refractivity contribution in [1.82, 2.24) is 10.2 Å². The lowest BCUT2D eigenvalue weighted by Crippen LogP contribution is -2.35. The number of unbranched alkanes of at least 4 members (excludes halogenated alkanes) is 1. The van der Waals surface area contributed by atoms with E-state index in [1.807, 2.05) is 66.2 Å². The summed E-state index contributed by atoms with van der Waals surface area (Å²) in [6, 6.07) is 18.9. The van der Waals surface area contributed by atoms with Crippen molar-refractivity contribution in [1.29, 1.82) is 0 Å². The van der Waals surface area contributed by atoms with Gasteiger partial charge in [0.1, 0.15) is 0 Å². The van der Waals surface area contributed by atoms with Gasteiger partial charge in [-0.05, 0) is 59.2 Å². The van der Waals surface area contributed by atoms with Crippen molar-refractivity contribution >= 4 is 23.3 Å². The highest BCUT2D eigenvalue weighted by atomic mass is 32.1. The predicted molar refractivity (Wildman–Crippen MR) is 143 cm³/mol. The summed E-state index contributed by atoms with van der Waals surface area (Å²) in [4.78, 5) is 27.0. The lowest BCUT2D eigenvalue weighted by Gasteiger charge is -2.26. The van der Waals surface area contributed by atoms with Gasteiger partial charge in [-0.1, -0.05) is 55.8 Å². The zero-order chi connectivity index (χ0) is 25.5. The Balaban J connectivity index is 1.62. The molecule has 0 aliphatic carbocycles. The molecule has 3 N–H and O–H groups in total. The fraction of sp³-hybridized carbons (Fsp3) is 0.241. The van der Waals surface area contributed by atoms with Gasteiger partial charge in [0.2, 0.25) is 0 Å². The van der Waals surface area contributed by atoms with Crippen LogP contribution in [0.2, 0.25) is 0 Å². The minimum absolute atomic E-state index is 0.0345. The maximum absolute atomic E-state index is 11.9. The molecule has 0 bridgehead atoms. The first-order valence-electron chi connectivity index (χ1n) is 12.1. The number of carboxylic acids is 2. The highest BCUT2D eigenvalue weighted by Crippen LogP contribution is 2.28. The van der Waals surface area contributed by atoms with E-state index in [0.29, 0.717) is 24.1 Å². The molecule has 0 spiro atoms. The Morgan fingerprint density at radius 1 is 1.08 bits per heavy atom. The zero-order valence-electron chi connectivity index (χ0n) is 20.2. The molecule has 186 valence electrons. The summed E-state index contributed by atoms with van der Waals surface area (Å²) in [5.74, 6) is -1.88. The molecule has 1 atom stereocenters. The quantitative estimate of drug-likeness (QED) is 0.273. The number of nitrogens with one attached hydrogen (secondary N) is 1. The fourth-order valence-corrected chi connectivity index (χ4v) is 5.10. The molecule has 7 heteroatoms. The average molecular weight is 503 g/mol. The molecular weight excluding hydrogens is 472 g/mol. The minimum Gasteiger partial charge on any atom is -0.478 e. The van der Waals surface area contributed by atoms with Gasteiger partial charge in [-0.2, -0.15) is 0 Å². The van der Waals surface area contributed by atoms with Crippen LogP contribution in [0.25, 0.3) is 11.1 Å². The van der Waals surface area contributed by atoms with E-state index in [4.69, 9.17) is 0 Å². The van der Waals surface area contributed by atoms with Crippen LogP contribution in [0.3, 0.4) is 0 Å². The third kappa shape index (κ3) is 6.23. The summed E-state index contributed by atoms with van der Waals surface area (Å²) in [6.07, 6.45) is 7.12. The summed E-state index contributed by atoms with van der Waals surface area (Å²) in [7, 11) is 0. The third-order valence-electron chi connectivity index (χ3n) is 6.18. The molecule has 0 radical (unpaired) electrons. The standard InChI is InChI=1S/C29H30N2O4S/c1-2-3-11-27-30-23(16-22(28(32)33)17-24-10-7-14-36-24)19-31(27)18-20-12-13-25(29(34)35)26(15-20)21-8-5-4-6-9-21/h4-10,12-16,19,27,30H,2-3,11,17-18H2,1H3,(H,32,33)(H,34,35). The lowest BCUT2D eigenvalue weighted by molar-refractivity contribution is -0.132. The van der Waals surface area contributed by atoms with Crippen molar-refractivity contribution in [2.24, 2.45) is 0 Å². The molecule has 6 nitrogen and oxygen atoms in total. The van der Waals surface area contributed by atoms with Gasteiger partial charge in [0.05, 0.1) is 17.4 Å².